The molecule has 0 bridgehead atoms. The number of nitrogens with one attached hydrogen (secondary N) is 1. The summed E-state index contributed by atoms with van der Waals surface area (Å²) in [7, 11) is 0. The van der Waals surface area contributed by atoms with Gasteiger partial charge in [0.2, 0.25) is 5.91 Å². The molecule has 2 heteroatoms. The van der Waals surface area contributed by atoms with E-state index < -0.39 is 0 Å². The fourth-order valence-electron chi connectivity index (χ4n) is 2.60. The van der Waals surface area contributed by atoms with Gasteiger partial charge in [-0.3, -0.25) is 4.79 Å². The first kappa shape index (κ1) is 14.1. The molecule has 0 aliphatic heterocycles. The number of para-hydroxylation sites is 1. The van der Waals surface area contributed by atoms with E-state index in [1.807, 2.05) is 0 Å². The van der Waals surface area contributed by atoms with Crippen LogP contribution < -0.4 is 5.32 Å². The molecule has 1 saturated carbocycles. The van der Waals surface area contributed by atoms with Crippen molar-refractivity contribution in [2.75, 3.05) is 5.32 Å². The summed E-state index contributed by atoms with van der Waals surface area (Å²) < 4.78 is 0. The summed E-state index contributed by atoms with van der Waals surface area (Å²) in [6, 6.07) is 6.35. The molecule has 1 N–H and O–H groups in total. The van der Waals surface area contributed by atoms with Crippen LogP contribution in [0.5, 0.6) is 0 Å². The molecular formula is C17H25NO. The summed E-state index contributed by atoms with van der Waals surface area (Å²) in [6.45, 7) is 10.8. The first-order valence-electron chi connectivity index (χ1n) is 7.35. The Kier molecular flexibility index (Phi) is 3.98. The molecule has 1 amide bonds. The molecule has 1 aromatic rings. The predicted octanol–water partition coefficient (Wildman–Crippen LogP) is 4.53. The van der Waals surface area contributed by atoms with E-state index >= 15 is 0 Å². The first-order valence-corrected chi connectivity index (χ1v) is 7.35. The van der Waals surface area contributed by atoms with Crippen molar-refractivity contribution in [3.8, 4) is 0 Å². The van der Waals surface area contributed by atoms with E-state index in [1.54, 1.807) is 0 Å². The molecule has 0 heterocycles. The average molecular weight is 259 g/mol. The van der Waals surface area contributed by atoms with Crippen molar-refractivity contribution in [2.24, 2.45) is 11.8 Å². The normalized spacial score (nSPS) is 21.8. The van der Waals surface area contributed by atoms with Crippen LogP contribution >= 0.6 is 0 Å². The lowest BCUT2D eigenvalue weighted by Gasteiger charge is -2.20. The van der Waals surface area contributed by atoms with Crippen LogP contribution in [-0.4, -0.2) is 5.91 Å². The van der Waals surface area contributed by atoms with E-state index in [2.05, 4.69) is 58.1 Å². The van der Waals surface area contributed by atoms with Crippen LogP contribution in [0, 0.1) is 11.8 Å². The molecular weight excluding hydrogens is 234 g/mol. The molecule has 1 aromatic carbocycles. The Balaban J connectivity index is 2.32. The fraction of sp³-hybridized carbons (Fsp3) is 0.588. The van der Waals surface area contributed by atoms with E-state index in [0.717, 1.165) is 12.1 Å². The Labute approximate surface area is 116 Å². The molecule has 2 rings (SSSR count). The maximum atomic E-state index is 12.2. The SMILES string of the molecule is CC(C)c1cccc(C(C)C)c1NC(=O)[C@H]1C[C@H]1C. The van der Waals surface area contributed by atoms with Gasteiger partial charge in [-0.25, -0.2) is 0 Å². The largest absolute Gasteiger partial charge is 0.325 e. The number of benzene rings is 1. The second kappa shape index (κ2) is 5.36. The van der Waals surface area contributed by atoms with Gasteiger partial charge in [-0.15, -0.1) is 0 Å². The Morgan fingerprint density at radius 1 is 1.16 bits per heavy atom. The number of anilines is 1. The Hall–Kier alpha value is -1.31. The number of hydrogen-bond donors (Lipinski definition) is 1. The monoisotopic (exact) mass is 259 g/mol. The van der Waals surface area contributed by atoms with E-state index in [0.29, 0.717) is 17.8 Å². The van der Waals surface area contributed by atoms with Crippen LogP contribution in [0.2, 0.25) is 0 Å². The molecule has 1 aliphatic rings. The van der Waals surface area contributed by atoms with E-state index in [1.165, 1.54) is 11.1 Å². The third-order valence-electron chi connectivity index (χ3n) is 4.07. The highest BCUT2D eigenvalue weighted by Gasteiger charge is 2.39. The molecule has 0 saturated heterocycles. The Morgan fingerprint density at radius 2 is 1.63 bits per heavy atom. The summed E-state index contributed by atoms with van der Waals surface area (Å²) in [5, 5.41) is 3.20. The molecule has 19 heavy (non-hydrogen) atoms. The summed E-state index contributed by atoms with van der Waals surface area (Å²) in [6.07, 6.45) is 1.03. The average Bonchev–Trinajstić information content (AvgIpc) is 3.06. The minimum Gasteiger partial charge on any atom is -0.325 e. The zero-order chi connectivity index (χ0) is 14.2. The topological polar surface area (TPSA) is 29.1 Å². The molecule has 104 valence electrons. The van der Waals surface area contributed by atoms with Gasteiger partial charge in [0, 0.05) is 11.6 Å². The number of amides is 1. The van der Waals surface area contributed by atoms with Gasteiger partial charge in [0.1, 0.15) is 0 Å². The highest BCUT2D eigenvalue weighted by atomic mass is 16.2. The van der Waals surface area contributed by atoms with Crippen LogP contribution in [0.25, 0.3) is 0 Å². The predicted molar refractivity (Wildman–Crippen MR) is 80.5 cm³/mol. The van der Waals surface area contributed by atoms with Crippen molar-refractivity contribution in [3.05, 3.63) is 29.3 Å². The van der Waals surface area contributed by atoms with Gasteiger partial charge < -0.3 is 5.32 Å². The lowest BCUT2D eigenvalue weighted by molar-refractivity contribution is -0.117. The minimum atomic E-state index is 0.197. The summed E-state index contributed by atoms with van der Waals surface area (Å²) in [5.41, 5.74) is 3.54. The highest BCUT2D eigenvalue weighted by molar-refractivity contribution is 5.96. The standard InChI is InChI=1S/C17H25NO/c1-10(2)13-7-6-8-14(11(3)4)16(13)18-17(19)15-9-12(15)5/h6-8,10-12,15H,9H2,1-5H3,(H,18,19)/t12-,15+/m1/s1. The van der Waals surface area contributed by atoms with Crippen molar-refractivity contribution in [1.82, 2.24) is 0 Å². The third kappa shape index (κ3) is 2.99. The molecule has 0 radical (unpaired) electrons. The summed E-state index contributed by atoms with van der Waals surface area (Å²) in [4.78, 5) is 12.2. The molecule has 0 spiro atoms. The highest BCUT2D eigenvalue weighted by Crippen LogP contribution is 2.40. The van der Waals surface area contributed by atoms with Gasteiger partial charge in [0.25, 0.3) is 0 Å². The molecule has 0 unspecified atom stereocenters. The van der Waals surface area contributed by atoms with Crippen molar-refractivity contribution < 1.29 is 4.79 Å². The van der Waals surface area contributed by atoms with Gasteiger partial charge in [-0.05, 0) is 35.3 Å². The number of hydrogen-bond acceptors (Lipinski definition) is 1. The van der Waals surface area contributed by atoms with Crippen molar-refractivity contribution in [1.29, 1.82) is 0 Å². The van der Waals surface area contributed by atoms with Crippen LogP contribution in [0.15, 0.2) is 18.2 Å². The molecule has 2 atom stereocenters. The molecule has 2 nitrogen and oxygen atoms in total. The lowest BCUT2D eigenvalue weighted by Crippen LogP contribution is -2.18. The van der Waals surface area contributed by atoms with Gasteiger partial charge in [-0.1, -0.05) is 52.8 Å². The van der Waals surface area contributed by atoms with Gasteiger partial charge >= 0.3 is 0 Å². The minimum absolute atomic E-state index is 0.197. The Morgan fingerprint density at radius 3 is 2.00 bits per heavy atom. The van der Waals surface area contributed by atoms with E-state index in [4.69, 9.17) is 0 Å². The van der Waals surface area contributed by atoms with Crippen LogP contribution in [0.1, 0.15) is 64.0 Å². The van der Waals surface area contributed by atoms with Crippen LogP contribution in [0.3, 0.4) is 0 Å². The zero-order valence-electron chi connectivity index (χ0n) is 12.7. The maximum Gasteiger partial charge on any atom is 0.227 e. The zero-order valence-corrected chi connectivity index (χ0v) is 12.7. The third-order valence-corrected chi connectivity index (χ3v) is 4.07. The molecule has 0 aromatic heterocycles. The van der Waals surface area contributed by atoms with Crippen molar-refractivity contribution in [3.63, 3.8) is 0 Å². The lowest BCUT2D eigenvalue weighted by atomic mass is 9.92. The maximum absolute atomic E-state index is 12.2. The van der Waals surface area contributed by atoms with E-state index in [9.17, 15) is 4.79 Å². The summed E-state index contributed by atoms with van der Waals surface area (Å²) in [5.74, 6) is 1.81. The smallest absolute Gasteiger partial charge is 0.227 e. The van der Waals surface area contributed by atoms with Gasteiger partial charge in [0.05, 0.1) is 0 Å². The second-order valence-corrected chi connectivity index (χ2v) is 6.43. The van der Waals surface area contributed by atoms with Gasteiger partial charge in [-0.2, -0.15) is 0 Å². The fourth-order valence-corrected chi connectivity index (χ4v) is 2.60. The Bertz CT molecular complexity index is 450. The van der Waals surface area contributed by atoms with Crippen LogP contribution in [0.4, 0.5) is 5.69 Å². The first-order chi connectivity index (χ1) is 8.91. The molecule has 1 fully saturated rings. The summed E-state index contributed by atoms with van der Waals surface area (Å²) >= 11 is 0. The molecule has 1 aliphatic carbocycles. The van der Waals surface area contributed by atoms with E-state index in [-0.39, 0.29) is 11.8 Å². The quantitative estimate of drug-likeness (QED) is 0.845. The van der Waals surface area contributed by atoms with Gasteiger partial charge in [0.15, 0.2) is 0 Å². The second-order valence-electron chi connectivity index (χ2n) is 6.43. The van der Waals surface area contributed by atoms with Crippen molar-refractivity contribution in [2.45, 2.75) is 52.9 Å². The number of rotatable bonds is 4. The number of carbonyl (C=O) groups excluding carboxylic acids is 1. The number of carbonyl (C=O) groups is 1. The van der Waals surface area contributed by atoms with Crippen LogP contribution in [-0.2, 0) is 4.79 Å². The van der Waals surface area contributed by atoms with Crippen molar-refractivity contribution >= 4 is 11.6 Å².